The van der Waals surface area contributed by atoms with Crippen molar-refractivity contribution in [1.29, 1.82) is 0 Å². The average molecular weight is 414 g/mol. The number of hydrogen-bond acceptors (Lipinski definition) is 7. The maximum atomic E-state index is 13.2. The molecule has 1 aliphatic heterocycles. The number of pyridine rings is 2. The van der Waals surface area contributed by atoms with Crippen molar-refractivity contribution in [3.63, 3.8) is 0 Å². The number of rotatable bonds is 5. The van der Waals surface area contributed by atoms with Gasteiger partial charge in [0.25, 0.3) is 0 Å². The molecule has 1 N–H and O–H groups in total. The lowest BCUT2D eigenvalue weighted by atomic mass is 10.1. The van der Waals surface area contributed by atoms with Gasteiger partial charge in [0, 0.05) is 12.7 Å². The van der Waals surface area contributed by atoms with Gasteiger partial charge < -0.3 is 9.84 Å². The highest BCUT2D eigenvalue weighted by molar-refractivity contribution is 7.89. The molecule has 29 heavy (non-hydrogen) atoms. The van der Waals surface area contributed by atoms with Gasteiger partial charge in [0.15, 0.2) is 5.76 Å². The molecule has 1 aliphatic rings. The smallest absolute Gasteiger partial charge is 0.249 e. The molecule has 4 rings (SSSR count). The lowest BCUT2D eigenvalue weighted by Crippen LogP contribution is -2.31. The highest BCUT2D eigenvalue weighted by Gasteiger charge is 2.39. The highest BCUT2D eigenvalue weighted by Crippen LogP contribution is 2.37. The molecule has 0 bridgehead atoms. The minimum absolute atomic E-state index is 0.160. The van der Waals surface area contributed by atoms with Crippen LogP contribution < -0.4 is 5.32 Å². The molecule has 8 nitrogen and oxygen atoms in total. The van der Waals surface area contributed by atoms with E-state index in [2.05, 4.69) is 20.4 Å². The van der Waals surface area contributed by atoms with Crippen LogP contribution in [0.2, 0.25) is 0 Å². The molecule has 1 unspecified atom stereocenters. The summed E-state index contributed by atoms with van der Waals surface area (Å²) in [5.74, 6) is 1.08. The molecule has 3 aromatic heterocycles. The third-order valence-electron chi connectivity index (χ3n) is 5.14. The van der Waals surface area contributed by atoms with Crippen molar-refractivity contribution in [1.82, 2.24) is 19.4 Å². The van der Waals surface area contributed by atoms with Crippen LogP contribution in [0.1, 0.15) is 41.6 Å². The van der Waals surface area contributed by atoms with Crippen molar-refractivity contribution in [3.8, 4) is 0 Å². The molecule has 0 amide bonds. The van der Waals surface area contributed by atoms with Gasteiger partial charge in [-0.25, -0.2) is 13.4 Å². The summed E-state index contributed by atoms with van der Waals surface area (Å²) >= 11 is 0. The molecule has 152 valence electrons. The predicted molar refractivity (Wildman–Crippen MR) is 108 cm³/mol. The van der Waals surface area contributed by atoms with Crippen LogP contribution in [0, 0.1) is 20.8 Å². The van der Waals surface area contributed by atoms with E-state index in [1.54, 1.807) is 26.2 Å². The molecule has 0 saturated carbocycles. The fourth-order valence-corrected chi connectivity index (χ4v) is 5.68. The topological polar surface area (TPSA) is 101 Å². The van der Waals surface area contributed by atoms with Gasteiger partial charge in [-0.1, -0.05) is 11.2 Å². The van der Waals surface area contributed by atoms with Crippen LogP contribution in [0.3, 0.4) is 0 Å². The first-order valence-electron chi connectivity index (χ1n) is 9.47. The number of nitrogens with one attached hydrogen (secondary N) is 1. The normalized spacial score (nSPS) is 17.6. The summed E-state index contributed by atoms with van der Waals surface area (Å²) in [6, 6.07) is 7.32. The molecule has 3 aromatic rings. The largest absolute Gasteiger partial charge is 0.360 e. The zero-order valence-electron chi connectivity index (χ0n) is 16.6. The Kier molecular flexibility index (Phi) is 5.10. The summed E-state index contributed by atoms with van der Waals surface area (Å²) in [6.07, 6.45) is 4.94. The fraction of sp³-hybridized carbons (Fsp3) is 0.350. The van der Waals surface area contributed by atoms with Crippen LogP contribution in [-0.2, 0) is 10.0 Å². The SMILES string of the molecule is Cc1cccnc1Nc1ccc(C2CCCN2S(=O)(=O)c2c(C)noc2C)nc1. The van der Waals surface area contributed by atoms with Gasteiger partial charge in [-0.05, 0) is 57.4 Å². The summed E-state index contributed by atoms with van der Waals surface area (Å²) in [7, 11) is -3.71. The Morgan fingerprint density at radius 3 is 2.66 bits per heavy atom. The molecule has 0 radical (unpaired) electrons. The van der Waals surface area contributed by atoms with Crippen LogP contribution in [0.15, 0.2) is 46.1 Å². The molecule has 1 saturated heterocycles. The van der Waals surface area contributed by atoms with Crippen LogP contribution >= 0.6 is 0 Å². The van der Waals surface area contributed by atoms with E-state index in [1.165, 1.54) is 4.31 Å². The number of aryl methyl sites for hydroxylation is 3. The highest BCUT2D eigenvalue weighted by atomic mass is 32.2. The van der Waals surface area contributed by atoms with Gasteiger partial charge in [0.05, 0.1) is 23.6 Å². The zero-order valence-corrected chi connectivity index (χ0v) is 17.4. The third-order valence-corrected chi connectivity index (χ3v) is 7.29. The Morgan fingerprint density at radius 2 is 2.00 bits per heavy atom. The van der Waals surface area contributed by atoms with E-state index in [0.29, 0.717) is 18.0 Å². The summed E-state index contributed by atoms with van der Waals surface area (Å²) in [5, 5.41) is 7.04. The molecule has 0 aromatic carbocycles. The van der Waals surface area contributed by atoms with Crippen LogP contribution in [-0.4, -0.2) is 34.4 Å². The van der Waals surface area contributed by atoms with Crippen molar-refractivity contribution in [3.05, 3.63) is 59.4 Å². The van der Waals surface area contributed by atoms with Gasteiger partial charge in [-0.2, -0.15) is 4.31 Å². The van der Waals surface area contributed by atoms with Gasteiger partial charge >= 0.3 is 0 Å². The quantitative estimate of drug-likeness (QED) is 0.681. The summed E-state index contributed by atoms with van der Waals surface area (Å²) < 4.78 is 33.1. The van der Waals surface area contributed by atoms with Crippen molar-refractivity contribution >= 4 is 21.5 Å². The van der Waals surface area contributed by atoms with E-state index in [-0.39, 0.29) is 10.9 Å². The first-order chi connectivity index (χ1) is 13.9. The second-order valence-electron chi connectivity index (χ2n) is 7.19. The van der Waals surface area contributed by atoms with E-state index in [0.717, 1.165) is 35.6 Å². The minimum atomic E-state index is -3.71. The number of sulfonamides is 1. The second kappa shape index (κ2) is 7.57. The van der Waals surface area contributed by atoms with Gasteiger partial charge in [0.1, 0.15) is 16.4 Å². The molecule has 1 atom stereocenters. The Hall–Kier alpha value is -2.78. The third kappa shape index (κ3) is 3.63. The first-order valence-corrected chi connectivity index (χ1v) is 10.9. The van der Waals surface area contributed by atoms with E-state index in [4.69, 9.17) is 4.52 Å². The summed E-state index contributed by atoms with van der Waals surface area (Å²) in [4.78, 5) is 9.02. The van der Waals surface area contributed by atoms with Gasteiger partial charge in [-0.15, -0.1) is 0 Å². The van der Waals surface area contributed by atoms with Crippen LogP contribution in [0.25, 0.3) is 0 Å². The lowest BCUT2D eigenvalue weighted by Gasteiger charge is -2.23. The van der Waals surface area contributed by atoms with E-state index < -0.39 is 10.0 Å². The second-order valence-corrected chi connectivity index (χ2v) is 9.02. The Balaban J connectivity index is 1.59. The molecular formula is C20H23N5O3S. The average Bonchev–Trinajstić information content (AvgIpc) is 3.32. The molecule has 4 heterocycles. The Labute approximate surface area is 170 Å². The van der Waals surface area contributed by atoms with Crippen molar-refractivity contribution in [2.75, 3.05) is 11.9 Å². The van der Waals surface area contributed by atoms with Crippen LogP contribution in [0.4, 0.5) is 11.5 Å². The molecule has 1 fully saturated rings. The van der Waals surface area contributed by atoms with Crippen molar-refractivity contribution in [2.45, 2.75) is 44.6 Å². The standard InChI is InChI=1S/C20H23N5O3S/c1-13-6-4-10-21-20(13)23-16-8-9-17(22-12-16)18-7-5-11-25(18)29(26,27)19-14(2)24-28-15(19)3/h4,6,8-10,12,18H,5,7,11H2,1-3H3,(H,21,23). The molecule has 0 aliphatic carbocycles. The number of anilines is 2. The summed E-state index contributed by atoms with van der Waals surface area (Å²) in [5.41, 5.74) is 2.94. The maximum Gasteiger partial charge on any atom is 0.249 e. The number of nitrogens with zero attached hydrogens (tertiary/aromatic N) is 4. The minimum Gasteiger partial charge on any atom is -0.360 e. The van der Waals surface area contributed by atoms with E-state index >= 15 is 0 Å². The summed E-state index contributed by atoms with van der Waals surface area (Å²) in [6.45, 7) is 5.70. The van der Waals surface area contributed by atoms with E-state index in [9.17, 15) is 8.42 Å². The Bertz CT molecular complexity index is 1110. The number of aromatic nitrogens is 3. The van der Waals surface area contributed by atoms with Crippen molar-refractivity contribution < 1.29 is 12.9 Å². The Morgan fingerprint density at radius 1 is 1.17 bits per heavy atom. The van der Waals surface area contributed by atoms with Gasteiger partial charge in [-0.3, -0.25) is 4.98 Å². The van der Waals surface area contributed by atoms with Gasteiger partial charge in [0.2, 0.25) is 10.0 Å². The molecule has 9 heteroatoms. The predicted octanol–water partition coefficient (Wildman–Crippen LogP) is 3.66. The maximum absolute atomic E-state index is 13.2. The van der Waals surface area contributed by atoms with Crippen molar-refractivity contribution in [2.24, 2.45) is 0 Å². The van der Waals surface area contributed by atoms with Crippen LogP contribution in [0.5, 0.6) is 0 Å². The molecule has 0 spiro atoms. The number of hydrogen-bond donors (Lipinski definition) is 1. The van der Waals surface area contributed by atoms with E-state index in [1.807, 2.05) is 31.2 Å². The molecular weight excluding hydrogens is 390 g/mol. The fourth-order valence-electron chi connectivity index (χ4n) is 3.71. The lowest BCUT2D eigenvalue weighted by molar-refractivity contribution is 0.381. The first kappa shape index (κ1) is 19.5. The zero-order chi connectivity index (χ0) is 20.6. The monoisotopic (exact) mass is 413 g/mol.